The molecule has 4 rings (SSSR count). The van der Waals surface area contributed by atoms with Gasteiger partial charge in [0.25, 0.3) is 0 Å². The van der Waals surface area contributed by atoms with Gasteiger partial charge in [-0.05, 0) is 47.5 Å². The fraction of sp³-hybridized carbons (Fsp3) is 0.214. The van der Waals surface area contributed by atoms with E-state index in [4.69, 9.17) is 74.9 Å². The number of halogens is 8. The number of anilines is 1. The van der Waals surface area contributed by atoms with Crippen LogP contribution in [0, 0.1) is 28.9 Å². The van der Waals surface area contributed by atoms with Gasteiger partial charge in [-0.15, -0.1) is 23.2 Å². The van der Waals surface area contributed by atoms with Crippen LogP contribution < -0.4 is 5.32 Å². The van der Waals surface area contributed by atoms with Crippen molar-refractivity contribution in [3.8, 4) is 6.07 Å². The van der Waals surface area contributed by atoms with Gasteiger partial charge >= 0.3 is 0 Å². The van der Waals surface area contributed by atoms with E-state index in [1.54, 1.807) is 6.07 Å². The van der Waals surface area contributed by atoms with E-state index in [9.17, 15) is 18.8 Å². The Hall–Kier alpha value is -2.44. The lowest BCUT2D eigenvalue weighted by atomic mass is 9.97. The van der Waals surface area contributed by atoms with Crippen LogP contribution in [0.25, 0.3) is 0 Å². The van der Waals surface area contributed by atoms with Gasteiger partial charge in [0.2, 0.25) is 5.91 Å². The first-order valence-electron chi connectivity index (χ1n) is 11.8. The summed E-state index contributed by atoms with van der Waals surface area (Å²) in [5.41, 5.74) is -0.0436. The lowest BCUT2D eigenvalue weighted by Gasteiger charge is -2.11. The van der Waals surface area contributed by atoms with E-state index in [1.165, 1.54) is 30.3 Å². The molecule has 0 radical (unpaired) electrons. The van der Waals surface area contributed by atoms with Crippen LogP contribution in [0.15, 0.2) is 42.5 Å². The minimum Gasteiger partial charge on any atom is -0.326 e. The molecule has 5 nitrogen and oxygen atoms in total. The topological polar surface area (TPSA) is 87.0 Å². The maximum absolute atomic E-state index is 15.0. The molecule has 0 spiro atoms. The molecule has 1 aliphatic rings. The van der Waals surface area contributed by atoms with Crippen LogP contribution in [0.3, 0.4) is 0 Å². The van der Waals surface area contributed by atoms with E-state index in [-0.39, 0.29) is 36.9 Å². The third-order valence-corrected chi connectivity index (χ3v) is 8.97. The van der Waals surface area contributed by atoms with Crippen LogP contribution >= 0.6 is 69.6 Å². The zero-order valence-corrected chi connectivity index (χ0v) is 25.0. The van der Waals surface area contributed by atoms with Gasteiger partial charge in [0.05, 0.1) is 38.5 Å². The number of Topliss-reactive ketones (excluding diaryl/α,β-unsaturated/α-hetero) is 2. The van der Waals surface area contributed by atoms with Gasteiger partial charge in [-0.25, -0.2) is 8.78 Å². The normalized spacial score (nSPS) is 17.0. The molecular weight excluding hydrogens is 663 g/mol. The Morgan fingerprint density at radius 3 is 2.22 bits per heavy atom. The Morgan fingerprint density at radius 2 is 1.59 bits per heavy atom. The minimum absolute atomic E-state index is 0.0266. The summed E-state index contributed by atoms with van der Waals surface area (Å²) in [5.74, 6) is -5.44. The van der Waals surface area contributed by atoms with Crippen molar-refractivity contribution in [2.24, 2.45) is 5.92 Å². The van der Waals surface area contributed by atoms with Crippen molar-refractivity contribution in [3.05, 3.63) is 96.4 Å². The molecule has 0 unspecified atom stereocenters. The first-order valence-corrected chi connectivity index (χ1v) is 14.0. The first-order chi connectivity index (χ1) is 19.3. The fourth-order valence-corrected chi connectivity index (χ4v) is 6.08. The van der Waals surface area contributed by atoms with Crippen LogP contribution in [-0.4, -0.2) is 21.8 Å². The molecule has 0 aromatic heterocycles. The predicted octanol–water partition coefficient (Wildman–Crippen LogP) is 8.56. The molecule has 0 aliphatic heterocycles. The van der Waals surface area contributed by atoms with Gasteiger partial charge in [0.1, 0.15) is 16.0 Å². The van der Waals surface area contributed by atoms with Crippen molar-refractivity contribution in [2.45, 2.75) is 29.5 Å². The number of hydrogen-bond acceptors (Lipinski definition) is 4. The van der Waals surface area contributed by atoms with Gasteiger partial charge < -0.3 is 5.32 Å². The Kier molecular flexibility index (Phi) is 9.55. The maximum atomic E-state index is 15.0. The number of nitrogens with zero attached hydrogens (tertiary/aromatic N) is 1. The number of nitrogens with one attached hydrogen (secondary N) is 1. The van der Waals surface area contributed by atoms with Gasteiger partial charge in [0.15, 0.2) is 11.6 Å². The predicted molar refractivity (Wildman–Crippen MR) is 156 cm³/mol. The molecule has 13 heteroatoms. The summed E-state index contributed by atoms with van der Waals surface area (Å²) in [6, 6.07) is 10.8. The number of benzene rings is 3. The molecule has 1 amide bonds. The van der Waals surface area contributed by atoms with E-state index in [1.807, 2.05) is 0 Å². The van der Waals surface area contributed by atoms with Crippen molar-refractivity contribution in [2.75, 3.05) is 5.32 Å². The molecule has 3 aromatic rings. The highest BCUT2D eigenvalue weighted by molar-refractivity contribution is 6.54. The molecule has 212 valence electrons. The molecule has 1 aliphatic carbocycles. The molecule has 0 bridgehead atoms. The Morgan fingerprint density at radius 1 is 0.927 bits per heavy atom. The summed E-state index contributed by atoms with van der Waals surface area (Å²) in [4.78, 5) is 37.9. The molecule has 1 N–H and O–H groups in total. The smallest absolute Gasteiger partial charge is 0.231 e. The summed E-state index contributed by atoms with van der Waals surface area (Å²) < 4.78 is 27.7. The summed E-state index contributed by atoms with van der Waals surface area (Å²) in [7, 11) is 0. The maximum Gasteiger partial charge on any atom is 0.231 e. The van der Waals surface area contributed by atoms with Gasteiger partial charge in [0, 0.05) is 35.6 Å². The Labute approximate surface area is 263 Å². The highest BCUT2D eigenvalue weighted by Crippen LogP contribution is 2.65. The van der Waals surface area contributed by atoms with Crippen molar-refractivity contribution in [1.82, 2.24) is 0 Å². The van der Waals surface area contributed by atoms with Crippen molar-refractivity contribution in [1.29, 1.82) is 5.26 Å². The molecule has 2 atom stereocenters. The zero-order chi connectivity index (χ0) is 30.2. The van der Waals surface area contributed by atoms with Crippen molar-refractivity contribution < 1.29 is 23.2 Å². The monoisotopic (exact) mass is 676 g/mol. The number of amides is 1. The Balaban J connectivity index is 1.52. The summed E-state index contributed by atoms with van der Waals surface area (Å²) in [6.45, 7) is 0. The van der Waals surface area contributed by atoms with E-state index >= 15 is 4.39 Å². The second-order valence-electron chi connectivity index (χ2n) is 9.26. The van der Waals surface area contributed by atoms with Gasteiger partial charge in [-0.1, -0.05) is 52.5 Å². The number of hydrogen-bond donors (Lipinski definition) is 1. The third-order valence-electron chi connectivity index (χ3n) is 6.50. The number of carbonyl (C=O) groups is 3. The molecule has 0 saturated heterocycles. The number of ketones is 2. The van der Waals surface area contributed by atoms with Crippen LogP contribution in [0.2, 0.25) is 20.1 Å². The van der Waals surface area contributed by atoms with E-state index in [0.29, 0.717) is 5.56 Å². The van der Waals surface area contributed by atoms with Gasteiger partial charge in [-0.3, -0.25) is 14.4 Å². The molecule has 41 heavy (non-hydrogen) atoms. The average Bonchev–Trinajstić information content (AvgIpc) is 3.49. The second-order valence-corrected chi connectivity index (χ2v) is 12.3. The summed E-state index contributed by atoms with van der Waals surface area (Å²) in [5, 5.41) is 11.8. The third kappa shape index (κ3) is 6.64. The molecule has 1 fully saturated rings. The van der Waals surface area contributed by atoms with E-state index in [0.717, 1.165) is 12.1 Å². The number of nitriles is 1. The summed E-state index contributed by atoms with van der Waals surface area (Å²) in [6.07, 6.45) is -1.65. The lowest BCUT2D eigenvalue weighted by molar-refractivity contribution is -0.118. The molecule has 0 heterocycles. The van der Waals surface area contributed by atoms with Crippen LogP contribution in [0.5, 0.6) is 0 Å². The first kappa shape index (κ1) is 31.5. The highest BCUT2D eigenvalue weighted by Gasteiger charge is 2.67. The molecule has 1 saturated carbocycles. The van der Waals surface area contributed by atoms with E-state index in [2.05, 4.69) is 5.32 Å². The number of rotatable bonds is 9. The fourth-order valence-electron chi connectivity index (χ4n) is 4.42. The van der Waals surface area contributed by atoms with Crippen LogP contribution in [0.4, 0.5) is 14.5 Å². The summed E-state index contributed by atoms with van der Waals surface area (Å²) >= 11 is 37.3. The second kappa shape index (κ2) is 12.4. The van der Waals surface area contributed by atoms with Crippen LogP contribution in [-0.2, 0) is 22.4 Å². The standard InChI is InChI=1S/C28H16Cl6F2N2O3/c29-18-3-2-14(38-27(41)24-23(28(24,33)34)13-7-19(30)25(32)20(31)8-13)10-16(18)22(40)9-12-1-4-21(35)17(26(12)36)11-15(39)5-6-37/h1-4,7-8,10,23-24H,5,9,11H2,(H,38,41)/t23-,24+/m0/s1. The largest absolute Gasteiger partial charge is 0.326 e. The van der Waals surface area contributed by atoms with Crippen molar-refractivity contribution >= 4 is 92.8 Å². The van der Waals surface area contributed by atoms with Crippen LogP contribution in [0.1, 0.15) is 39.4 Å². The number of carbonyl (C=O) groups excluding carboxylic acids is 3. The zero-order valence-electron chi connectivity index (χ0n) is 20.5. The molecule has 3 aromatic carbocycles. The van der Waals surface area contributed by atoms with E-state index < -0.39 is 70.1 Å². The average molecular weight is 679 g/mol. The molecular formula is C28H16Cl6F2N2O3. The van der Waals surface area contributed by atoms with Crippen molar-refractivity contribution in [3.63, 3.8) is 0 Å². The lowest BCUT2D eigenvalue weighted by Crippen LogP contribution is -2.17. The number of alkyl halides is 2. The SMILES string of the molecule is N#CCC(=O)Cc1c(F)ccc(CC(=O)c2cc(NC(=O)[C@H]3[C@H](c4cc(Cl)c(Cl)c(Cl)c4)C3(Cl)Cl)ccc2Cl)c1F. The minimum atomic E-state index is -1.47. The Bertz CT molecular complexity index is 1620. The quantitative estimate of drug-likeness (QED) is 0.140. The van der Waals surface area contributed by atoms with Gasteiger partial charge in [-0.2, -0.15) is 5.26 Å². The highest BCUT2D eigenvalue weighted by atomic mass is 35.5.